The van der Waals surface area contributed by atoms with E-state index in [2.05, 4.69) is 12.1 Å². The van der Waals surface area contributed by atoms with E-state index >= 15 is 0 Å². The smallest absolute Gasteiger partial charge is 0.104 e. The summed E-state index contributed by atoms with van der Waals surface area (Å²) in [6.07, 6.45) is 0.983. The van der Waals surface area contributed by atoms with Crippen LogP contribution >= 0.6 is 0 Å². The molecule has 4 aliphatic rings. The molecule has 8 nitrogen and oxygen atoms in total. The van der Waals surface area contributed by atoms with E-state index in [4.69, 9.17) is 37.9 Å². The Balaban J connectivity index is 1.25. The number of hydrogen-bond acceptors (Lipinski definition) is 8. The van der Waals surface area contributed by atoms with Crippen LogP contribution in [0.4, 0.5) is 0 Å². The molecule has 4 heterocycles. The molecular weight excluding hydrogens is 392 g/mol. The lowest BCUT2D eigenvalue weighted by Crippen LogP contribution is -2.11. The van der Waals surface area contributed by atoms with Crippen LogP contribution in [0.1, 0.15) is 22.3 Å². The van der Waals surface area contributed by atoms with Crippen molar-refractivity contribution in [3.05, 3.63) is 34.4 Å². The highest BCUT2D eigenvalue weighted by Crippen LogP contribution is 2.24. The molecule has 0 saturated carbocycles. The summed E-state index contributed by atoms with van der Waals surface area (Å²) in [6, 6.07) is 4.33. The number of hydrogen-bond donors (Lipinski definition) is 0. The van der Waals surface area contributed by atoms with Gasteiger partial charge in [0.15, 0.2) is 0 Å². The van der Waals surface area contributed by atoms with E-state index < -0.39 is 0 Å². The van der Waals surface area contributed by atoms with Crippen molar-refractivity contribution in [3.63, 3.8) is 0 Å². The second-order valence-electron chi connectivity index (χ2n) is 8.27. The predicted octanol–water partition coefficient (Wildman–Crippen LogP) is 1.35. The Bertz CT molecular complexity index is 580. The van der Waals surface area contributed by atoms with Crippen LogP contribution in [0.2, 0.25) is 0 Å². The van der Waals surface area contributed by atoms with Gasteiger partial charge in [0.1, 0.15) is 24.4 Å². The quantitative estimate of drug-likeness (QED) is 0.369. The molecule has 4 unspecified atom stereocenters. The zero-order chi connectivity index (χ0) is 20.2. The van der Waals surface area contributed by atoms with E-state index in [0.29, 0.717) is 52.9 Å². The molecule has 0 radical (unpaired) electrons. The first-order valence-corrected chi connectivity index (χ1v) is 10.7. The van der Waals surface area contributed by atoms with Gasteiger partial charge in [0, 0.05) is 0 Å². The van der Waals surface area contributed by atoms with Crippen LogP contribution in [-0.4, -0.2) is 77.3 Å². The van der Waals surface area contributed by atoms with Crippen LogP contribution in [0, 0.1) is 0 Å². The Labute approximate surface area is 176 Å². The summed E-state index contributed by atoms with van der Waals surface area (Å²) in [4.78, 5) is 0. The molecule has 4 saturated heterocycles. The van der Waals surface area contributed by atoms with Crippen molar-refractivity contribution in [2.75, 3.05) is 52.9 Å². The van der Waals surface area contributed by atoms with E-state index in [-0.39, 0.29) is 24.4 Å². The van der Waals surface area contributed by atoms with Crippen molar-refractivity contribution in [1.29, 1.82) is 0 Å². The molecule has 0 N–H and O–H groups in total. The highest BCUT2D eigenvalue weighted by molar-refractivity contribution is 5.38. The minimum atomic E-state index is 0.246. The molecular formula is C22H30O8. The van der Waals surface area contributed by atoms with E-state index in [9.17, 15) is 0 Å². The normalized spacial score (nSPS) is 28.5. The van der Waals surface area contributed by atoms with Gasteiger partial charge in [-0.15, -0.1) is 0 Å². The lowest BCUT2D eigenvalue weighted by molar-refractivity contribution is 0.0864. The maximum Gasteiger partial charge on any atom is 0.104 e. The molecule has 8 heteroatoms. The van der Waals surface area contributed by atoms with E-state index in [1.54, 1.807) is 0 Å². The van der Waals surface area contributed by atoms with Crippen LogP contribution in [0.25, 0.3) is 0 Å². The highest BCUT2D eigenvalue weighted by atomic mass is 16.6. The largest absolute Gasteiger partial charge is 0.374 e. The molecule has 0 aromatic heterocycles. The predicted molar refractivity (Wildman–Crippen MR) is 104 cm³/mol. The van der Waals surface area contributed by atoms with Gasteiger partial charge in [0.2, 0.25) is 0 Å². The van der Waals surface area contributed by atoms with E-state index in [0.717, 1.165) is 48.7 Å². The molecule has 1 aromatic rings. The molecule has 5 rings (SSSR count). The third-order valence-electron chi connectivity index (χ3n) is 5.38. The van der Waals surface area contributed by atoms with Gasteiger partial charge in [0.05, 0.1) is 79.3 Å². The average Bonchev–Trinajstić information content (AvgIpc) is 3.56. The fourth-order valence-electron chi connectivity index (χ4n) is 3.19. The Kier molecular flexibility index (Phi) is 6.94. The number of epoxide rings is 4. The fraction of sp³-hybridized carbons (Fsp3) is 0.727. The lowest BCUT2D eigenvalue weighted by Gasteiger charge is -2.17. The monoisotopic (exact) mass is 422 g/mol. The van der Waals surface area contributed by atoms with Crippen molar-refractivity contribution in [2.24, 2.45) is 0 Å². The van der Waals surface area contributed by atoms with Crippen molar-refractivity contribution >= 4 is 0 Å². The van der Waals surface area contributed by atoms with Gasteiger partial charge < -0.3 is 37.9 Å². The summed E-state index contributed by atoms with van der Waals surface area (Å²) in [5.74, 6) is 0. The standard InChI is InChI=1S/C22H30O8/c1-15(3-23-7-19-11-27-19)17(5-25-9-21-13-29-21)2-18(6-26-10-22-14-30-22)16(1)4-24-8-20-12-28-20/h1-2,19-22H,3-14H2. The van der Waals surface area contributed by atoms with Crippen molar-refractivity contribution in [2.45, 2.75) is 50.8 Å². The van der Waals surface area contributed by atoms with Crippen molar-refractivity contribution in [1.82, 2.24) is 0 Å². The van der Waals surface area contributed by atoms with Gasteiger partial charge in [-0.1, -0.05) is 12.1 Å². The molecule has 4 aliphatic heterocycles. The molecule has 4 fully saturated rings. The molecule has 0 amide bonds. The van der Waals surface area contributed by atoms with Gasteiger partial charge in [0.25, 0.3) is 0 Å². The number of rotatable bonds is 16. The number of benzene rings is 1. The van der Waals surface area contributed by atoms with Gasteiger partial charge in [-0.3, -0.25) is 0 Å². The maximum absolute atomic E-state index is 5.88. The summed E-state index contributed by atoms with van der Waals surface area (Å²) >= 11 is 0. The van der Waals surface area contributed by atoms with Crippen LogP contribution in [0.3, 0.4) is 0 Å². The third kappa shape index (κ3) is 6.96. The molecule has 4 atom stereocenters. The SMILES string of the molecule is c1c(COCC2CO2)c(COCC2CO2)cc(COCC2CO2)c1COCC1CO1. The Morgan fingerprint density at radius 1 is 0.500 bits per heavy atom. The second kappa shape index (κ2) is 10.0. The molecule has 0 aliphatic carbocycles. The van der Waals surface area contributed by atoms with Crippen LogP contribution < -0.4 is 0 Å². The Hall–Kier alpha value is -1.10. The summed E-state index contributed by atoms with van der Waals surface area (Å²) in [5, 5.41) is 0. The van der Waals surface area contributed by atoms with E-state index in [1.165, 1.54) is 0 Å². The van der Waals surface area contributed by atoms with Crippen molar-refractivity contribution in [3.8, 4) is 0 Å². The fourth-order valence-corrected chi connectivity index (χ4v) is 3.19. The molecule has 30 heavy (non-hydrogen) atoms. The molecule has 0 spiro atoms. The molecule has 1 aromatic carbocycles. The topological polar surface area (TPSA) is 87.0 Å². The Morgan fingerprint density at radius 3 is 0.933 bits per heavy atom. The average molecular weight is 422 g/mol. The van der Waals surface area contributed by atoms with Gasteiger partial charge >= 0.3 is 0 Å². The summed E-state index contributed by atoms with van der Waals surface area (Å²) < 4.78 is 44.5. The first-order valence-electron chi connectivity index (χ1n) is 10.7. The minimum absolute atomic E-state index is 0.246. The second-order valence-corrected chi connectivity index (χ2v) is 8.27. The van der Waals surface area contributed by atoms with E-state index in [1.807, 2.05) is 0 Å². The zero-order valence-electron chi connectivity index (χ0n) is 17.2. The molecule has 0 bridgehead atoms. The van der Waals surface area contributed by atoms with Gasteiger partial charge in [-0.05, 0) is 22.3 Å². The summed E-state index contributed by atoms with van der Waals surface area (Å²) in [6.45, 7) is 7.73. The first-order chi connectivity index (χ1) is 14.8. The first kappa shape index (κ1) is 20.8. The number of ether oxygens (including phenoxy) is 8. The maximum atomic E-state index is 5.88. The van der Waals surface area contributed by atoms with Crippen molar-refractivity contribution < 1.29 is 37.9 Å². The summed E-state index contributed by atoms with van der Waals surface area (Å²) in [7, 11) is 0. The zero-order valence-corrected chi connectivity index (χ0v) is 17.2. The van der Waals surface area contributed by atoms with Crippen LogP contribution in [0.15, 0.2) is 12.1 Å². The third-order valence-corrected chi connectivity index (χ3v) is 5.38. The highest BCUT2D eigenvalue weighted by Gasteiger charge is 2.25. The van der Waals surface area contributed by atoms with Gasteiger partial charge in [-0.2, -0.15) is 0 Å². The summed E-state index contributed by atoms with van der Waals surface area (Å²) in [5.41, 5.74) is 4.46. The van der Waals surface area contributed by atoms with Gasteiger partial charge in [-0.25, -0.2) is 0 Å². The lowest BCUT2D eigenvalue weighted by atomic mass is 9.99. The van der Waals surface area contributed by atoms with Crippen LogP contribution in [0.5, 0.6) is 0 Å². The molecule has 166 valence electrons. The minimum Gasteiger partial charge on any atom is -0.374 e. The van der Waals surface area contributed by atoms with Crippen LogP contribution in [-0.2, 0) is 64.3 Å². The Morgan fingerprint density at radius 2 is 0.733 bits per heavy atom.